The Morgan fingerprint density at radius 3 is 3.06 bits per heavy atom. The van der Waals surface area contributed by atoms with Gasteiger partial charge in [-0.15, -0.1) is 0 Å². The Balaban J connectivity index is 2.15. The minimum absolute atomic E-state index is 0.0827. The number of nitrogens with zero attached hydrogens (tertiary/aromatic N) is 3. The molecular weight excluding hydrogens is 294 g/mol. The molecule has 2 rings (SSSR count). The SMILES string of the molecule is CN(C)CC1CCCN1C(=O)c1cccnc1Br. The van der Waals surface area contributed by atoms with Gasteiger partial charge in [-0.3, -0.25) is 4.79 Å². The summed E-state index contributed by atoms with van der Waals surface area (Å²) < 4.78 is 0.630. The molecule has 2 heterocycles. The summed E-state index contributed by atoms with van der Waals surface area (Å²) in [5, 5.41) is 0. The van der Waals surface area contributed by atoms with Crippen LogP contribution in [0.3, 0.4) is 0 Å². The van der Waals surface area contributed by atoms with Crippen molar-refractivity contribution in [2.45, 2.75) is 18.9 Å². The van der Waals surface area contributed by atoms with Crippen molar-refractivity contribution < 1.29 is 4.79 Å². The number of hydrogen-bond acceptors (Lipinski definition) is 3. The summed E-state index contributed by atoms with van der Waals surface area (Å²) in [6, 6.07) is 3.94. The van der Waals surface area contributed by atoms with Crippen LogP contribution in [0.15, 0.2) is 22.9 Å². The molecular formula is C13H18BrN3O. The standard InChI is InChI=1S/C13H18BrN3O/c1-16(2)9-10-5-4-8-17(10)13(18)11-6-3-7-15-12(11)14/h3,6-7,10H,4-5,8-9H2,1-2H3. The molecule has 5 heteroatoms. The minimum atomic E-state index is 0.0827. The second kappa shape index (κ2) is 5.80. The number of pyridine rings is 1. The summed E-state index contributed by atoms with van der Waals surface area (Å²) in [5.74, 6) is 0.0827. The molecule has 0 bridgehead atoms. The highest BCUT2D eigenvalue weighted by atomic mass is 79.9. The summed E-state index contributed by atoms with van der Waals surface area (Å²) in [4.78, 5) is 20.7. The van der Waals surface area contributed by atoms with Gasteiger partial charge in [-0.05, 0) is 55.0 Å². The lowest BCUT2D eigenvalue weighted by molar-refractivity contribution is 0.0715. The number of carbonyl (C=O) groups excluding carboxylic acids is 1. The number of likely N-dealkylation sites (tertiary alicyclic amines) is 1. The predicted molar refractivity (Wildman–Crippen MR) is 74.5 cm³/mol. The average molecular weight is 312 g/mol. The van der Waals surface area contributed by atoms with Crippen LogP contribution in [0, 0.1) is 0 Å². The number of amides is 1. The minimum Gasteiger partial charge on any atom is -0.334 e. The van der Waals surface area contributed by atoms with Crippen molar-refractivity contribution >= 4 is 21.8 Å². The molecule has 1 saturated heterocycles. The molecule has 1 fully saturated rings. The van der Waals surface area contributed by atoms with Crippen LogP contribution in [0.5, 0.6) is 0 Å². The Hall–Kier alpha value is -0.940. The quantitative estimate of drug-likeness (QED) is 0.801. The van der Waals surface area contributed by atoms with Gasteiger partial charge in [0.05, 0.1) is 5.56 Å². The monoisotopic (exact) mass is 311 g/mol. The lowest BCUT2D eigenvalue weighted by Crippen LogP contribution is -2.41. The van der Waals surface area contributed by atoms with Crippen LogP contribution in [-0.4, -0.2) is 53.9 Å². The lowest BCUT2D eigenvalue weighted by atomic mass is 10.2. The predicted octanol–water partition coefficient (Wildman–Crippen LogP) is 2.01. The van der Waals surface area contributed by atoms with Crippen molar-refractivity contribution in [3.05, 3.63) is 28.5 Å². The van der Waals surface area contributed by atoms with Crippen LogP contribution in [-0.2, 0) is 0 Å². The Morgan fingerprint density at radius 2 is 2.39 bits per heavy atom. The summed E-state index contributed by atoms with van der Waals surface area (Å²) in [7, 11) is 4.09. The van der Waals surface area contributed by atoms with Crippen LogP contribution in [0.25, 0.3) is 0 Å². The van der Waals surface area contributed by atoms with Gasteiger partial charge in [0, 0.05) is 25.3 Å². The molecule has 1 atom stereocenters. The maximum Gasteiger partial charge on any atom is 0.256 e. The largest absolute Gasteiger partial charge is 0.334 e. The Labute approximate surface area is 116 Å². The fourth-order valence-corrected chi connectivity index (χ4v) is 2.83. The molecule has 1 amide bonds. The summed E-state index contributed by atoms with van der Waals surface area (Å²) in [6.45, 7) is 1.77. The number of likely N-dealkylation sites (N-methyl/N-ethyl adjacent to an activating group) is 1. The average Bonchev–Trinajstić information content (AvgIpc) is 2.76. The molecule has 0 N–H and O–H groups in total. The first-order valence-electron chi connectivity index (χ1n) is 6.16. The van der Waals surface area contributed by atoms with E-state index in [1.165, 1.54) is 0 Å². The highest BCUT2D eigenvalue weighted by Gasteiger charge is 2.30. The maximum absolute atomic E-state index is 12.5. The van der Waals surface area contributed by atoms with Gasteiger partial charge in [-0.1, -0.05) is 0 Å². The Bertz CT molecular complexity index is 436. The van der Waals surface area contributed by atoms with E-state index in [1.807, 2.05) is 25.1 Å². The molecule has 98 valence electrons. The molecule has 1 aromatic rings. The number of halogens is 1. The van der Waals surface area contributed by atoms with Gasteiger partial charge in [-0.25, -0.2) is 4.98 Å². The first kappa shape index (κ1) is 13.5. The van der Waals surface area contributed by atoms with Gasteiger partial charge < -0.3 is 9.80 Å². The lowest BCUT2D eigenvalue weighted by Gasteiger charge is -2.27. The molecule has 0 spiro atoms. The van der Waals surface area contributed by atoms with Crippen LogP contribution in [0.2, 0.25) is 0 Å². The van der Waals surface area contributed by atoms with Crippen LogP contribution in [0.4, 0.5) is 0 Å². The van der Waals surface area contributed by atoms with Crippen molar-refractivity contribution in [2.75, 3.05) is 27.2 Å². The fourth-order valence-electron chi connectivity index (χ4n) is 2.41. The normalized spacial score (nSPS) is 19.6. The maximum atomic E-state index is 12.5. The smallest absolute Gasteiger partial charge is 0.256 e. The highest BCUT2D eigenvalue weighted by molar-refractivity contribution is 9.10. The Morgan fingerprint density at radius 1 is 1.61 bits per heavy atom. The molecule has 18 heavy (non-hydrogen) atoms. The molecule has 1 aliphatic heterocycles. The Kier molecular flexibility index (Phi) is 4.35. The van der Waals surface area contributed by atoms with Crippen LogP contribution < -0.4 is 0 Å². The van der Waals surface area contributed by atoms with Crippen molar-refractivity contribution in [3.8, 4) is 0 Å². The second-order valence-electron chi connectivity index (χ2n) is 4.90. The van der Waals surface area contributed by atoms with Gasteiger partial charge in [0.25, 0.3) is 5.91 Å². The van der Waals surface area contributed by atoms with Gasteiger partial charge in [0.15, 0.2) is 0 Å². The molecule has 1 unspecified atom stereocenters. The summed E-state index contributed by atoms with van der Waals surface area (Å²) in [6.07, 6.45) is 3.85. The van der Waals surface area contributed by atoms with E-state index in [1.54, 1.807) is 12.3 Å². The molecule has 1 aliphatic rings. The number of aromatic nitrogens is 1. The van der Waals surface area contributed by atoms with E-state index in [0.29, 0.717) is 16.2 Å². The third-order valence-corrected chi connectivity index (χ3v) is 3.84. The van der Waals surface area contributed by atoms with Crippen molar-refractivity contribution in [3.63, 3.8) is 0 Å². The molecule has 4 nitrogen and oxygen atoms in total. The molecule has 0 saturated carbocycles. The van der Waals surface area contributed by atoms with Crippen molar-refractivity contribution in [2.24, 2.45) is 0 Å². The molecule has 1 aromatic heterocycles. The van der Waals surface area contributed by atoms with Gasteiger partial charge in [0.2, 0.25) is 0 Å². The van der Waals surface area contributed by atoms with E-state index >= 15 is 0 Å². The third kappa shape index (κ3) is 2.90. The van der Waals surface area contributed by atoms with Gasteiger partial charge >= 0.3 is 0 Å². The van der Waals surface area contributed by atoms with Crippen molar-refractivity contribution in [1.82, 2.24) is 14.8 Å². The fraction of sp³-hybridized carbons (Fsp3) is 0.538. The van der Waals surface area contributed by atoms with Crippen LogP contribution in [0.1, 0.15) is 23.2 Å². The molecule has 0 aromatic carbocycles. The van der Waals surface area contributed by atoms with E-state index in [9.17, 15) is 4.79 Å². The van der Waals surface area contributed by atoms with Crippen molar-refractivity contribution in [1.29, 1.82) is 0 Å². The van der Waals surface area contributed by atoms with Gasteiger partial charge in [0.1, 0.15) is 4.60 Å². The van der Waals surface area contributed by atoms with Crippen LogP contribution >= 0.6 is 15.9 Å². The topological polar surface area (TPSA) is 36.4 Å². The summed E-state index contributed by atoms with van der Waals surface area (Å²) >= 11 is 3.35. The zero-order valence-corrected chi connectivity index (χ0v) is 12.4. The molecule has 0 radical (unpaired) electrons. The van der Waals surface area contributed by atoms with E-state index in [0.717, 1.165) is 25.9 Å². The second-order valence-corrected chi connectivity index (χ2v) is 5.65. The van der Waals surface area contributed by atoms with E-state index in [4.69, 9.17) is 0 Å². The van der Waals surface area contributed by atoms with E-state index < -0.39 is 0 Å². The first-order chi connectivity index (χ1) is 8.59. The molecule has 0 aliphatic carbocycles. The zero-order chi connectivity index (χ0) is 13.1. The summed E-state index contributed by atoms with van der Waals surface area (Å²) in [5.41, 5.74) is 0.656. The number of hydrogen-bond donors (Lipinski definition) is 0. The zero-order valence-electron chi connectivity index (χ0n) is 10.8. The van der Waals surface area contributed by atoms with E-state index in [2.05, 4.69) is 25.8 Å². The highest BCUT2D eigenvalue weighted by Crippen LogP contribution is 2.23. The number of rotatable bonds is 3. The number of carbonyl (C=O) groups is 1. The first-order valence-corrected chi connectivity index (χ1v) is 6.95. The third-order valence-electron chi connectivity index (χ3n) is 3.20. The van der Waals surface area contributed by atoms with E-state index in [-0.39, 0.29) is 5.91 Å². The van der Waals surface area contributed by atoms with Gasteiger partial charge in [-0.2, -0.15) is 0 Å².